The van der Waals surface area contributed by atoms with Crippen molar-refractivity contribution in [3.8, 4) is 0 Å². The minimum atomic E-state index is -1.02. The first kappa shape index (κ1) is 12.7. The first-order valence-corrected chi connectivity index (χ1v) is 5.68. The van der Waals surface area contributed by atoms with Gasteiger partial charge >= 0.3 is 0 Å². The van der Waals surface area contributed by atoms with Gasteiger partial charge in [-0.25, -0.2) is 8.78 Å². The van der Waals surface area contributed by atoms with E-state index in [1.54, 1.807) is 32.0 Å². The lowest BCUT2D eigenvalue weighted by Crippen LogP contribution is -2.02. The van der Waals surface area contributed by atoms with Crippen molar-refractivity contribution in [2.24, 2.45) is 0 Å². The van der Waals surface area contributed by atoms with Crippen molar-refractivity contribution < 1.29 is 13.9 Å². The number of aliphatic hydroxyl groups excluding tert-OH is 1. The van der Waals surface area contributed by atoms with Gasteiger partial charge in [0.1, 0.15) is 17.7 Å². The molecule has 0 aliphatic carbocycles. The SMILES string of the molecule is Cc1cc(F)cc(C(O)c2ccc(C)c(F)c2)c1. The van der Waals surface area contributed by atoms with Crippen LogP contribution in [-0.4, -0.2) is 5.11 Å². The number of aliphatic hydroxyl groups is 1. The third-order valence-corrected chi connectivity index (χ3v) is 2.89. The number of aryl methyl sites for hydroxylation is 2. The van der Waals surface area contributed by atoms with E-state index in [2.05, 4.69) is 0 Å². The minimum Gasteiger partial charge on any atom is -0.384 e. The molecule has 2 aromatic carbocycles. The van der Waals surface area contributed by atoms with E-state index in [1.807, 2.05) is 0 Å². The van der Waals surface area contributed by atoms with Crippen LogP contribution in [0.1, 0.15) is 28.4 Å². The molecular weight excluding hydrogens is 234 g/mol. The van der Waals surface area contributed by atoms with E-state index >= 15 is 0 Å². The highest BCUT2D eigenvalue weighted by Gasteiger charge is 2.13. The fourth-order valence-electron chi connectivity index (χ4n) is 1.89. The van der Waals surface area contributed by atoms with Crippen LogP contribution in [0.2, 0.25) is 0 Å². The third-order valence-electron chi connectivity index (χ3n) is 2.89. The number of hydrogen-bond acceptors (Lipinski definition) is 1. The molecule has 2 aromatic rings. The van der Waals surface area contributed by atoms with Crippen LogP contribution in [0.3, 0.4) is 0 Å². The maximum atomic E-state index is 13.4. The molecule has 0 aliphatic heterocycles. The molecule has 1 unspecified atom stereocenters. The predicted octanol–water partition coefficient (Wildman–Crippen LogP) is 3.66. The van der Waals surface area contributed by atoms with Crippen LogP contribution in [0.25, 0.3) is 0 Å². The topological polar surface area (TPSA) is 20.2 Å². The summed E-state index contributed by atoms with van der Waals surface area (Å²) in [5.41, 5.74) is 2.08. The quantitative estimate of drug-likeness (QED) is 0.859. The average molecular weight is 248 g/mol. The Balaban J connectivity index is 2.40. The van der Waals surface area contributed by atoms with Gasteiger partial charge < -0.3 is 5.11 Å². The van der Waals surface area contributed by atoms with Gasteiger partial charge in [0.2, 0.25) is 0 Å². The molecule has 0 amide bonds. The first-order valence-electron chi connectivity index (χ1n) is 5.68. The zero-order valence-corrected chi connectivity index (χ0v) is 10.2. The van der Waals surface area contributed by atoms with Gasteiger partial charge in [0.05, 0.1) is 0 Å². The second-order valence-corrected chi connectivity index (χ2v) is 4.47. The minimum absolute atomic E-state index is 0.375. The normalized spacial score (nSPS) is 12.5. The second kappa shape index (κ2) is 4.86. The lowest BCUT2D eigenvalue weighted by atomic mass is 9.99. The highest BCUT2D eigenvalue weighted by atomic mass is 19.1. The summed E-state index contributed by atoms with van der Waals surface area (Å²) in [5, 5.41) is 10.1. The van der Waals surface area contributed by atoms with Gasteiger partial charge in [0, 0.05) is 0 Å². The third kappa shape index (κ3) is 2.57. The van der Waals surface area contributed by atoms with Crippen LogP contribution in [-0.2, 0) is 0 Å². The summed E-state index contributed by atoms with van der Waals surface area (Å²) in [6, 6.07) is 8.84. The fourth-order valence-corrected chi connectivity index (χ4v) is 1.89. The summed E-state index contributed by atoms with van der Waals surface area (Å²) in [7, 11) is 0. The molecule has 0 fully saturated rings. The maximum absolute atomic E-state index is 13.4. The molecule has 0 spiro atoms. The molecule has 18 heavy (non-hydrogen) atoms. The molecule has 1 atom stereocenters. The molecule has 0 aromatic heterocycles. The van der Waals surface area contributed by atoms with Crippen LogP contribution >= 0.6 is 0 Å². The van der Waals surface area contributed by atoms with Gasteiger partial charge in [-0.2, -0.15) is 0 Å². The molecule has 0 saturated heterocycles. The zero-order chi connectivity index (χ0) is 13.3. The summed E-state index contributed by atoms with van der Waals surface area (Å²) >= 11 is 0. The molecule has 0 aliphatic rings. The summed E-state index contributed by atoms with van der Waals surface area (Å²) in [4.78, 5) is 0. The second-order valence-electron chi connectivity index (χ2n) is 4.47. The van der Waals surface area contributed by atoms with Crippen LogP contribution in [0.5, 0.6) is 0 Å². The van der Waals surface area contributed by atoms with Gasteiger partial charge in [0.15, 0.2) is 0 Å². The molecular formula is C15H14F2O. The standard InChI is InChI=1S/C15H14F2O/c1-9-5-12(7-13(16)6-9)15(18)11-4-3-10(2)14(17)8-11/h3-8,15,18H,1-2H3. The van der Waals surface area contributed by atoms with E-state index in [9.17, 15) is 13.9 Å². The van der Waals surface area contributed by atoms with Crippen molar-refractivity contribution in [3.63, 3.8) is 0 Å². The van der Waals surface area contributed by atoms with Crippen LogP contribution in [0.4, 0.5) is 8.78 Å². The van der Waals surface area contributed by atoms with E-state index < -0.39 is 11.9 Å². The van der Waals surface area contributed by atoms with E-state index in [1.165, 1.54) is 18.2 Å². The largest absolute Gasteiger partial charge is 0.384 e. The highest BCUT2D eigenvalue weighted by Crippen LogP contribution is 2.25. The van der Waals surface area contributed by atoms with Gasteiger partial charge in [-0.05, 0) is 54.3 Å². The Morgan fingerprint density at radius 1 is 0.944 bits per heavy atom. The summed E-state index contributed by atoms with van der Waals surface area (Å²) < 4.78 is 26.7. The highest BCUT2D eigenvalue weighted by molar-refractivity contribution is 5.34. The summed E-state index contributed by atoms with van der Waals surface area (Å²) in [6.07, 6.45) is -1.02. The van der Waals surface area contributed by atoms with Crippen LogP contribution in [0.15, 0.2) is 36.4 Å². The number of halogens is 2. The number of rotatable bonds is 2. The van der Waals surface area contributed by atoms with Gasteiger partial charge in [-0.15, -0.1) is 0 Å². The average Bonchev–Trinajstić information content (AvgIpc) is 2.30. The van der Waals surface area contributed by atoms with E-state index in [0.29, 0.717) is 16.7 Å². The Hall–Kier alpha value is -1.74. The van der Waals surface area contributed by atoms with E-state index in [4.69, 9.17) is 0 Å². The number of hydrogen-bond donors (Lipinski definition) is 1. The van der Waals surface area contributed by atoms with Crippen LogP contribution < -0.4 is 0 Å². The molecule has 0 radical (unpaired) electrons. The summed E-state index contributed by atoms with van der Waals surface area (Å²) in [5.74, 6) is -0.781. The maximum Gasteiger partial charge on any atom is 0.126 e. The van der Waals surface area contributed by atoms with Crippen molar-refractivity contribution in [2.45, 2.75) is 20.0 Å². The van der Waals surface area contributed by atoms with E-state index in [0.717, 1.165) is 5.56 Å². The first-order chi connectivity index (χ1) is 8.47. The predicted molar refractivity (Wildman–Crippen MR) is 66.3 cm³/mol. The molecule has 0 heterocycles. The Morgan fingerprint density at radius 3 is 2.28 bits per heavy atom. The Kier molecular flexibility index (Phi) is 3.43. The molecule has 1 N–H and O–H groups in total. The molecule has 94 valence electrons. The lowest BCUT2D eigenvalue weighted by molar-refractivity contribution is 0.219. The zero-order valence-electron chi connectivity index (χ0n) is 10.2. The van der Waals surface area contributed by atoms with Crippen molar-refractivity contribution in [1.29, 1.82) is 0 Å². The van der Waals surface area contributed by atoms with Gasteiger partial charge in [-0.1, -0.05) is 18.2 Å². The molecule has 0 saturated carbocycles. The lowest BCUT2D eigenvalue weighted by Gasteiger charge is -2.13. The van der Waals surface area contributed by atoms with Crippen LogP contribution in [0, 0.1) is 25.5 Å². The van der Waals surface area contributed by atoms with Crippen molar-refractivity contribution in [1.82, 2.24) is 0 Å². The Morgan fingerprint density at radius 2 is 1.67 bits per heavy atom. The fraction of sp³-hybridized carbons (Fsp3) is 0.200. The van der Waals surface area contributed by atoms with Crippen molar-refractivity contribution in [2.75, 3.05) is 0 Å². The molecule has 2 rings (SSSR count). The van der Waals surface area contributed by atoms with Gasteiger partial charge in [-0.3, -0.25) is 0 Å². The van der Waals surface area contributed by atoms with Crippen molar-refractivity contribution >= 4 is 0 Å². The molecule has 1 nitrogen and oxygen atoms in total. The Bertz CT molecular complexity index is 558. The van der Waals surface area contributed by atoms with Gasteiger partial charge in [0.25, 0.3) is 0 Å². The number of benzene rings is 2. The summed E-state index contributed by atoms with van der Waals surface area (Å²) in [6.45, 7) is 3.40. The molecule has 3 heteroatoms. The molecule has 0 bridgehead atoms. The Labute approximate surface area is 105 Å². The monoisotopic (exact) mass is 248 g/mol. The smallest absolute Gasteiger partial charge is 0.126 e. The van der Waals surface area contributed by atoms with Crippen molar-refractivity contribution in [3.05, 3.63) is 70.3 Å². The van der Waals surface area contributed by atoms with E-state index in [-0.39, 0.29) is 5.82 Å².